The number of halogens is 1. The molecular weight excluding hydrogens is 221 g/mol. The van der Waals surface area contributed by atoms with Crippen LogP contribution in [0, 0.1) is 10.1 Å². The summed E-state index contributed by atoms with van der Waals surface area (Å²) in [6.07, 6.45) is -1.05. The highest BCUT2D eigenvalue weighted by Crippen LogP contribution is 2.17. The van der Waals surface area contributed by atoms with Gasteiger partial charge in [-0.1, -0.05) is 0 Å². The van der Waals surface area contributed by atoms with Crippen molar-refractivity contribution in [3.63, 3.8) is 0 Å². The van der Waals surface area contributed by atoms with Crippen LogP contribution in [0.5, 0.6) is 5.75 Å². The summed E-state index contributed by atoms with van der Waals surface area (Å²) in [6.45, 7) is -1.18. The molecule has 0 N–H and O–H groups in total. The summed E-state index contributed by atoms with van der Waals surface area (Å²) in [7, 11) is 0. The molecule has 6 nitrogen and oxygen atoms in total. The van der Waals surface area contributed by atoms with Crippen LogP contribution in [-0.2, 0) is 4.74 Å². The number of alkyl halides is 1. The van der Waals surface area contributed by atoms with Crippen molar-refractivity contribution >= 4 is 11.8 Å². The molecule has 1 aromatic carbocycles. The van der Waals surface area contributed by atoms with Crippen LogP contribution < -0.4 is 4.74 Å². The summed E-state index contributed by atoms with van der Waals surface area (Å²) in [5, 5.41) is 10.3. The monoisotopic (exact) mass is 229 g/mol. The Hall–Kier alpha value is -2.18. The highest BCUT2D eigenvalue weighted by atomic mass is 19.1. The Kier molecular flexibility index (Phi) is 4.19. The summed E-state index contributed by atoms with van der Waals surface area (Å²) in [4.78, 5) is 20.6. The second kappa shape index (κ2) is 5.64. The molecule has 0 fully saturated rings. The van der Waals surface area contributed by atoms with Gasteiger partial charge in [0.2, 0.25) is 0 Å². The zero-order valence-electron chi connectivity index (χ0n) is 8.09. The molecule has 1 rings (SSSR count). The molecule has 16 heavy (non-hydrogen) atoms. The fourth-order valence-electron chi connectivity index (χ4n) is 0.883. The average Bonchev–Trinajstić information content (AvgIpc) is 2.27. The van der Waals surface area contributed by atoms with Gasteiger partial charge in [0.15, 0.2) is 0 Å². The van der Waals surface area contributed by atoms with Gasteiger partial charge in [-0.05, 0) is 12.1 Å². The number of carbonyl (C=O) groups is 1. The summed E-state index contributed by atoms with van der Waals surface area (Å²) in [5.41, 5.74) is -0.121. The molecule has 1 aromatic rings. The Morgan fingerprint density at radius 1 is 1.38 bits per heavy atom. The highest BCUT2D eigenvalue weighted by molar-refractivity contribution is 5.63. The van der Waals surface area contributed by atoms with E-state index in [-0.39, 0.29) is 18.0 Å². The smallest absolute Gasteiger partial charge is 0.431 e. The van der Waals surface area contributed by atoms with Gasteiger partial charge in [-0.15, -0.1) is 0 Å². The Morgan fingerprint density at radius 2 is 2.00 bits per heavy atom. The number of hydrogen-bond acceptors (Lipinski definition) is 5. The predicted molar refractivity (Wildman–Crippen MR) is 51.0 cm³/mol. The topological polar surface area (TPSA) is 78.7 Å². The Labute approximate surface area is 89.7 Å². The number of nitrogens with zero attached hydrogens (tertiary/aromatic N) is 1. The molecule has 0 unspecified atom stereocenters. The van der Waals surface area contributed by atoms with E-state index in [4.69, 9.17) is 0 Å². The van der Waals surface area contributed by atoms with Crippen LogP contribution in [0.2, 0.25) is 0 Å². The van der Waals surface area contributed by atoms with Crippen LogP contribution in [0.4, 0.5) is 14.9 Å². The summed E-state index contributed by atoms with van der Waals surface area (Å²) < 4.78 is 20.5. The lowest BCUT2D eigenvalue weighted by molar-refractivity contribution is -0.384. The number of rotatable bonds is 4. The van der Waals surface area contributed by atoms with Gasteiger partial charge in [-0.25, -0.2) is 9.18 Å². The molecule has 0 bridgehead atoms. The molecule has 86 valence electrons. The van der Waals surface area contributed by atoms with E-state index >= 15 is 0 Å². The SMILES string of the molecule is O=C(OCCF)Oc1ccc([N+](=O)[O-])cc1. The van der Waals surface area contributed by atoms with Crippen molar-refractivity contribution in [2.45, 2.75) is 0 Å². The zero-order chi connectivity index (χ0) is 12.0. The van der Waals surface area contributed by atoms with Crippen molar-refractivity contribution < 1.29 is 23.6 Å². The van der Waals surface area contributed by atoms with Gasteiger partial charge in [0, 0.05) is 12.1 Å². The van der Waals surface area contributed by atoms with Crippen LogP contribution in [0.15, 0.2) is 24.3 Å². The number of ether oxygens (including phenoxy) is 2. The van der Waals surface area contributed by atoms with Crippen LogP contribution in [0.3, 0.4) is 0 Å². The van der Waals surface area contributed by atoms with E-state index in [9.17, 15) is 19.3 Å². The van der Waals surface area contributed by atoms with Crippen molar-refractivity contribution in [1.29, 1.82) is 0 Å². The Bertz CT molecular complexity index is 378. The first-order chi connectivity index (χ1) is 7.63. The number of carbonyl (C=O) groups excluding carboxylic acids is 1. The quantitative estimate of drug-likeness (QED) is 0.342. The minimum atomic E-state index is -1.05. The number of hydrogen-bond donors (Lipinski definition) is 0. The van der Waals surface area contributed by atoms with E-state index in [1.807, 2.05) is 0 Å². The van der Waals surface area contributed by atoms with Crippen LogP contribution in [-0.4, -0.2) is 24.4 Å². The molecule has 0 aliphatic rings. The molecule has 0 spiro atoms. The van der Waals surface area contributed by atoms with Crippen molar-refractivity contribution in [3.05, 3.63) is 34.4 Å². The highest BCUT2D eigenvalue weighted by Gasteiger charge is 2.08. The fraction of sp³-hybridized carbons (Fsp3) is 0.222. The molecule has 0 saturated carbocycles. The van der Waals surface area contributed by atoms with E-state index in [2.05, 4.69) is 9.47 Å². The van der Waals surface area contributed by atoms with Crippen LogP contribution in [0.1, 0.15) is 0 Å². The van der Waals surface area contributed by atoms with E-state index in [0.717, 1.165) is 0 Å². The van der Waals surface area contributed by atoms with Gasteiger partial charge in [0.05, 0.1) is 4.92 Å². The molecule has 0 aliphatic carbocycles. The van der Waals surface area contributed by atoms with Gasteiger partial charge < -0.3 is 9.47 Å². The molecular formula is C9H8FNO5. The fourth-order valence-corrected chi connectivity index (χ4v) is 0.883. The van der Waals surface area contributed by atoms with E-state index in [0.29, 0.717) is 0 Å². The Balaban J connectivity index is 2.55. The lowest BCUT2D eigenvalue weighted by atomic mass is 10.3. The summed E-state index contributed by atoms with van der Waals surface area (Å²) >= 11 is 0. The lowest BCUT2D eigenvalue weighted by Gasteiger charge is -2.03. The van der Waals surface area contributed by atoms with Gasteiger partial charge in [0.25, 0.3) is 5.69 Å². The molecule has 0 aliphatic heterocycles. The first-order valence-corrected chi connectivity index (χ1v) is 4.28. The Morgan fingerprint density at radius 3 is 2.50 bits per heavy atom. The summed E-state index contributed by atoms with van der Waals surface area (Å²) in [5.74, 6) is 0.0921. The number of non-ortho nitro benzene ring substituents is 1. The molecule has 0 amide bonds. The molecule has 0 aromatic heterocycles. The second-order valence-corrected chi connectivity index (χ2v) is 2.64. The van der Waals surface area contributed by atoms with Gasteiger partial charge in [-0.3, -0.25) is 10.1 Å². The van der Waals surface area contributed by atoms with Crippen molar-refractivity contribution in [1.82, 2.24) is 0 Å². The third-order valence-corrected chi connectivity index (χ3v) is 1.55. The third-order valence-electron chi connectivity index (χ3n) is 1.55. The normalized spacial score (nSPS) is 9.56. The summed E-state index contributed by atoms with van der Waals surface area (Å²) in [6, 6.07) is 4.85. The lowest BCUT2D eigenvalue weighted by Crippen LogP contribution is -2.12. The second-order valence-electron chi connectivity index (χ2n) is 2.64. The first-order valence-electron chi connectivity index (χ1n) is 4.28. The van der Waals surface area contributed by atoms with E-state index in [1.165, 1.54) is 24.3 Å². The molecule has 0 heterocycles. The molecule has 0 radical (unpaired) electrons. The average molecular weight is 229 g/mol. The minimum Gasteiger partial charge on any atom is -0.431 e. The van der Waals surface area contributed by atoms with Crippen molar-refractivity contribution in [2.24, 2.45) is 0 Å². The van der Waals surface area contributed by atoms with Gasteiger partial charge in [-0.2, -0.15) is 0 Å². The maximum absolute atomic E-state index is 11.6. The van der Waals surface area contributed by atoms with E-state index < -0.39 is 17.8 Å². The largest absolute Gasteiger partial charge is 0.513 e. The third kappa shape index (κ3) is 3.52. The molecule has 0 atom stereocenters. The van der Waals surface area contributed by atoms with Crippen molar-refractivity contribution in [3.8, 4) is 5.75 Å². The van der Waals surface area contributed by atoms with Gasteiger partial charge >= 0.3 is 6.16 Å². The maximum Gasteiger partial charge on any atom is 0.513 e. The minimum absolute atomic E-state index is 0.0921. The number of nitro benzene ring substituents is 1. The molecule has 7 heteroatoms. The van der Waals surface area contributed by atoms with E-state index in [1.54, 1.807) is 0 Å². The number of benzene rings is 1. The van der Waals surface area contributed by atoms with Gasteiger partial charge in [0.1, 0.15) is 19.0 Å². The zero-order valence-corrected chi connectivity index (χ0v) is 8.09. The van der Waals surface area contributed by atoms with Crippen LogP contribution in [0.25, 0.3) is 0 Å². The van der Waals surface area contributed by atoms with Crippen LogP contribution >= 0.6 is 0 Å². The number of nitro groups is 1. The van der Waals surface area contributed by atoms with Crippen molar-refractivity contribution in [2.75, 3.05) is 13.3 Å². The molecule has 0 saturated heterocycles. The maximum atomic E-state index is 11.6. The predicted octanol–water partition coefficient (Wildman–Crippen LogP) is 2.08. The standard InChI is InChI=1S/C9H8FNO5/c10-5-6-15-9(12)16-8-3-1-7(2-4-8)11(13)14/h1-4H,5-6H2. The first kappa shape index (κ1) is 11.9.